The lowest BCUT2D eigenvalue weighted by Gasteiger charge is -2.20. The third kappa shape index (κ3) is 23.4. The lowest BCUT2D eigenvalue weighted by molar-refractivity contribution is -0.132. The first-order chi connectivity index (χ1) is 21.3. The molecule has 0 aromatic carbocycles. The van der Waals surface area contributed by atoms with Gasteiger partial charge in [-0.05, 0) is 19.3 Å². The quantitative estimate of drug-likeness (QED) is 0.0175. The predicted octanol–water partition coefficient (Wildman–Crippen LogP) is -1.75. The Hall–Kier alpha value is -3.62. The molecule has 0 fully saturated rings. The summed E-state index contributed by atoms with van der Waals surface area (Å²) in [7, 11) is -3.66. The van der Waals surface area contributed by atoms with Crippen LogP contribution in [0.5, 0.6) is 0 Å². The molecule has 3 atom stereocenters. The van der Waals surface area contributed by atoms with Gasteiger partial charge in [0.1, 0.15) is 44.1 Å². The minimum atomic E-state index is -4.53. The molecule has 0 radical (unpaired) electrons. The average Bonchev–Trinajstić information content (AvgIpc) is 3.02. The van der Waals surface area contributed by atoms with Crippen molar-refractivity contribution in [2.45, 2.75) is 38.1 Å². The van der Waals surface area contributed by atoms with Crippen LogP contribution >= 0.6 is 7.82 Å². The molecule has 4 amide bonds. The number of phosphoric ester groups is 1. The molecule has 8 N–H and O–H groups in total. The number of aliphatic hydroxyl groups excluding tert-OH is 3. The SMILES string of the molecule is C=C(CO)OC(CC[C@@H](O)C=O)OCCCNC(=O)CNC(=O)O/C(=C/OC(=O)NCC(=O)NCCCO)COP(=O)(O)OC. The van der Waals surface area contributed by atoms with Crippen LogP contribution in [-0.2, 0) is 46.9 Å². The fraction of sp³-hybridized carbons (Fsp3) is 0.625. The largest absolute Gasteiger partial charge is 0.472 e. The standard InChI is InChI=1S/C24H41N4O16P/c1-17(13-30)43-22(6-5-18(32)14-31)40-10-4-8-26-21(34)12-28-24(36)44-19(16-42-45(37,38)39-2)15-41-23(35)27-11-20(33)25-7-3-9-29/h14-15,18,22,29-30,32H,1,3-13,16H2,2H3,(H,25,33)(H,26,34)(H,27,35)(H,28,36)(H,37,38)/b19-15+/t18-,22?/m1/s1. The van der Waals surface area contributed by atoms with Crippen LogP contribution in [0.2, 0.25) is 0 Å². The Bertz CT molecular complexity index is 1030. The molecule has 0 aliphatic heterocycles. The van der Waals surface area contributed by atoms with Crippen LogP contribution in [0, 0.1) is 0 Å². The van der Waals surface area contributed by atoms with E-state index in [0.717, 1.165) is 7.11 Å². The highest BCUT2D eigenvalue weighted by Crippen LogP contribution is 2.42. The first kappa shape index (κ1) is 41.4. The molecule has 0 bridgehead atoms. The van der Waals surface area contributed by atoms with Crippen molar-refractivity contribution in [3.05, 3.63) is 24.4 Å². The lowest BCUT2D eigenvalue weighted by atomic mass is 10.2. The summed E-state index contributed by atoms with van der Waals surface area (Å²) in [6, 6.07) is 0. The number of carbonyl (C=O) groups excluding carboxylic acids is 5. The van der Waals surface area contributed by atoms with Gasteiger partial charge in [0.15, 0.2) is 12.0 Å². The molecule has 45 heavy (non-hydrogen) atoms. The number of aldehydes is 1. The van der Waals surface area contributed by atoms with Gasteiger partial charge in [0.25, 0.3) is 0 Å². The Kier molecular flexibility index (Phi) is 22.7. The molecule has 0 heterocycles. The number of aliphatic hydroxyl groups is 3. The summed E-state index contributed by atoms with van der Waals surface area (Å²) in [5.41, 5.74) is 0. The number of hydrogen-bond acceptors (Lipinski definition) is 15. The molecule has 20 nitrogen and oxygen atoms in total. The van der Waals surface area contributed by atoms with E-state index in [4.69, 9.17) is 24.4 Å². The van der Waals surface area contributed by atoms with Gasteiger partial charge in [0, 0.05) is 33.2 Å². The van der Waals surface area contributed by atoms with Crippen molar-refractivity contribution in [1.82, 2.24) is 21.3 Å². The highest BCUT2D eigenvalue weighted by molar-refractivity contribution is 7.47. The summed E-state index contributed by atoms with van der Waals surface area (Å²) in [4.78, 5) is 67.6. The van der Waals surface area contributed by atoms with Crippen LogP contribution in [0.3, 0.4) is 0 Å². The summed E-state index contributed by atoms with van der Waals surface area (Å²) >= 11 is 0. The Morgan fingerprint density at radius 3 is 2.16 bits per heavy atom. The third-order valence-electron chi connectivity index (χ3n) is 4.84. The Balaban J connectivity index is 4.71. The van der Waals surface area contributed by atoms with Crippen LogP contribution in [0.15, 0.2) is 24.4 Å². The molecule has 0 aromatic rings. The van der Waals surface area contributed by atoms with Gasteiger partial charge < -0.3 is 65.2 Å². The van der Waals surface area contributed by atoms with Crippen LogP contribution in [0.1, 0.15) is 25.7 Å². The Morgan fingerprint density at radius 1 is 0.956 bits per heavy atom. The molecule has 0 aliphatic rings. The fourth-order valence-corrected chi connectivity index (χ4v) is 3.02. The van der Waals surface area contributed by atoms with Crippen LogP contribution in [-0.4, -0.2) is 123 Å². The number of nitrogens with one attached hydrogen (secondary N) is 4. The van der Waals surface area contributed by atoms with Crippen molar-refractivity contribution in [2.75, 3.05) is 59.7 Å². The Morgan fingerprint density at radius 2 is 1.58 bits per heavy atom. The van der Waals surface area contributed by atoms with Crippen molar-refractivity contribution in [3.63, 3.8) is 0 Å². The minimum Gasteiger partial charge on any atom is -0.467 e. The van der Waals surface area contributed by atoms with Gasteiger partial charge in [-0.25, -0.2) is 14.2 Å². The summed E-state index contributed by atoms with van der Waals surface area (Å²) in [5.74, 6) is -1.80. The van der Waals surface area contributed by atoms with E-state index in [2.05, 4.69) is 41.6 Å². The molecule has 2 unspecified atom stereocenters. The molecule has 0 spiro atoms. The topological polar surface area (TPSA) is 287 Å². The van der Waals surface area contributed by atoms with E-state index in [9.17, 15) is 38.5 Å². The second-order valence-corrected chi connectivity index (χ2v) is 10.1. The van der Waals surface area contributed by atoms with Crippen LogP contribution < -0.4 is 21.3 Å². The molecule has 258 valence electrons. The van der Waals surface area contributed by atoms with Crippen molar-refractivity contribution >= 4 is 38.1 Å². The van der Waals surface area contributed by atoms with Crippen molar-refractivity contribution in [3.8, 4) is 0 Å². The van der Waals surface area contributed by atoms with Gasteiger partial charge >= 0.3 is 20.0 Å². The monoisotopic (exact) mass is 672 g/mol. The van der Waals surface area contributed by atoms with E-state index < -0.39 is 76.3 Å². The summed E-state index contributed by atoms with van der Waals surface area (Å²) in [6.07, 6.45) is -2.82. The summed E-state index contributed by atoms with van der Waals surface area (Å²) in [5, 5.41) is 36.2. The van der Waals surface area contributed by atoms with E-state index in [1.807, 2.05) is 0 Å². The van der Waals surface area contributed by atoms with Gasteiger partial charge in [-0.2, -0.15) is 0 Å². The zero-order valence-electron chi connectivity index (χ0n) is 24.6. The maximum Gasteiger partial charge on any atom is 0.472 e. The van der Waals surface area contributed by atoms with Crippen molar-refractivity contribution in [1.29, 1.82) is 0 Å². The third-order valence-corrected chi connectivity index (χ3v) is 5.76. The minimum absolute atomic E-state index is 0.0191. The highest BCUT2D eigenvalue weighted by Gasteiger charge is 2.21. The van der Waals surface area contributed by atoms with Gasteiger partial charge in [-0.3, -0.25) is 18.6 Å². The molecule has 0 saturated carbocycles. The van der Waals surface area contributed by atoms with Gasteiger partial charge in [0.05, 0.1) is 13.2 Å². The van der Waals surface area contributed by atoms with Gasteiger partial charge in [-0.1, -0.05) is 6.58 Å². The highest BCUT2D eigenvalue weighted by atomic mass is 31.2. The number of carbonyl (C=O) groups is 5. The zero-order chi connectivity index (χ0) is 34.1. The zero-order valence-corrected chi connectivity index (χ0v) is 25.5. The fourth-order valence-electron chi connectivity index (χ4n) is 2.63. The average molecular weight is 673 g/mol. The molecular formula is C24H41N4O16P. The molecule has 21 heteroatoms. The normalized spacial score (nSPS) is 13.8. The molecule has 0 rings (SSSR count). The smallest absolute Gasteiger partial charge is 0.467 e. The molecular weight excluding hydrogens is 631 g/mol. The van der Waals surface area contributed by atoms with E-state index in [1.165, 1.54) is 0 Å². The van der Waals surface area contributed by atoms with E-state index >= 15 is 0 Å². The summed E-state index contributed by atoms with van der Waals surface area (Å²) < 4.78 is 40.7. The van der Waals surface area contributed by atoms with Gasteiger partial charge in [0.2, 0.25) is 11.8 Å². The number of phosphoric acid groups is 1. The maximum atomic E-state index is 12.1. The van der Waals surface area contributed by atoms with Crippen LogP contribution in [0.25, 0.3) is 0 Å². The van der Waals surface area contributed by atoms with Crippen LogP contribution in [0.4, 0.5) is 9.59 Å². The lowest BCUT2D eigenvalue weighted by Crippen LogP contribution is -2.38. The van der Waals surface area contributed by atoms with E-state index in [-0.39, 0.29) is 51.3 Å². The second-order valence-electron chi connectivity index (χ2n) is 8.54. The predicted molar refractivity (Wildman–Crippen MR) is 151 cm³/mol. The maximum absolute atomic E-state index is 12.1. The number of ether oxygens (including phenoxy) is 4. The first-order valence-corrected chi connectivity index (χ1v) is 14.8. The number of amides is 4. The van der Waals surface area contributed by atoms with Crippen molar-refractivity contribution in [2.24, 2.45) is 0 Å². The molecule has 0 aromatic heterocycles. The van der Waals surface area contributed by atoms with E-state index in [0.29, 0.717) is 19.0 Å². The second kappa shape index (κ2) is 24.7. The van der Waals surface area contributed by atoms with E-state index in [1.54, 1.807) is 0 Å². The number of alkyl carbamates (subject to hydrolysis) is 2. The Labute approximate surface area is 258 Å². The summed E-state index contributed by atoms with van der Waals surface area (Å²) in [6.45, 7) is 1.29. The van der Waals surface area contributed by atoms with Crippen molar-refractivity contribution < 1.29 is 76.7 Å². The molecule has 0 saturated heterocycles. The number of rotatable bonds is 25. The first-order valence-electron chi connectivity index (χ1n) is 13.3. The van der Waals surface area contributed by atoms with Gasteiger partial charge in [-0.15, -0.1) is 0 Å². The number of hydrogen-bond donors (Lipinski definition) is 8. The molecule has 0 aliphatic carbocycles.